The standard InChI is InChI=1S/C14H16P.C9H14P.BHO3/c1-15(2,13-9-5-3-6-10-13)14-11-7-4-8-12-14;1-10(2,3)9-7-5-4-6-8-9;2-1(3)4/h3-12H,1-2H3;4-8H,1-3H3;2H/q2*+1;-2. The highest BCUT2D eigenvalue weighted by molar-refractivity contribution is 7.88. The van der Waals surface area contributed by atoms with Crippen LogP contribution in [0.3, 0.4) is 0 Å². The molecule has 0 amide bonds. The van der Waals surface area contributed by atoms with Crippen molar-refractivity contribution < 1.29 is 15.1 Å². The van der Waals surface area contributed by atoms with Crippen LogP contribution in [0.1, 0.15) is 0 Å². The molecule has 1 N–H and O–H groups in total. The van der Waals surface area contributed by atoms with Crippen molar-refractivity contribution >= 4 is 37.8 Å². The Hall–Kier alpha value is -1.54. The first-order valence-corrected chi connectivity index (χ1v) is 15.2. The maximum Gasteiger partial charge on any atom is 0.0985 e. The van der Waals surface area contributed by atoms with E-state index in [0.717, 1.165) is 0 Å². The number of benzene rings is 3. The van der Waals surface area contributed by atoms with Crippen LogP contribution in [0.4, 0.5) is 0 Å². The molecule has 0 heterocycles. The van der Waals surface area contributed by atoms with Crippen LogP contribution in [0.5, 0.6) is 0 Å². The van der Waals surface area contributed by atoms with Gasteiger partial charge in [0.25, 0.3) is 0 Å². The molecule has 0 radical (unpaired) electrons. The molecule has 3 nitrogen and oxygen atoms in total. The van der Waals surface area contributed by atoms with Crippen molar-refractivity contribution in [3.8, 4) is 0 Å². The molecule has 3 rings (SSSR count). The van der Waals surface area contributed by atoms with Gasteiger partial charge < -0.3 is 15.1 Å². The van der Waals surface area contributed by atoms with Crippen LogP contribution >= 0.6 is 14.5 Å². The summed E-state index contributed by atoms with van der Waals surface area (Å²) in [4.78, 5) is 0. The zero-order valence-corrected chi connectivity index (χ0v) is 19.7. The summed E-state index contributed by atoms with van der Waals surface area (Å²) in [6, 6.07) is 32.3. The summed E-state index contributed by atoms with van der Waals surface area (Å²) in [5, 5.41) is 28.4. The van der Waals surface area contributed by atoms with E-state index in [-0.39, 0.29) is 0 Å². The Bertz CT molecular complexity index is 762. The first-order chi connectivity index (χ1) is 13.5. The van der Waals surface area contributed by atoms with Gasteiger partial charge in [-0.05, 0) is 36.4 Å². The molecule has 0 saturated carbocycles. The Kier molecular flexibility index (Phi) is 10.8. The highest BCUT2D eigenvalue weighted by atomic mass is 31.2. The maximum absolute atomic E-state index is 8.53. The highest BCUT2D eigenvalue weighted by Crippen LogP contribution is 2.48. The van der Waals surface area contributed by atoms with E-state index < -0.39 is 21.8 Å². The summed E-state index contributed by atoms with van der Waals surface area (Å²) in [6.45, 7) is 11.8. The molecule has 0 aliphatic carbocycles. The van der Waals surface area contributed by atoms with Crippen LogP contribution < -0.4 is 26.0 Å². The second-order valence-corrected chi connectivity index (χ2v) is 16.3. The van der Waals surface area contributed by atoms with Crippen LogP contribution in [0.25, 0.3) is 0 Å². The van der Waals surface area contributed by atoms with Gasteiger partial charge in [-0.3, -0.25) is 0 Å². The fraction of sp³-hybridized carbons (Fsp3) is 0.217. The fourth-order valence-corrected chi connectivity index (χ4v) is 5.83. The summed E-state index contributed by atoms with van der Waals surface area (Å²) in [6.07, 6.45) is 0. The van der Waals surface area contributed by atoms with Crippen LogP contribution in [-0.4, -0.2) is 45.7 Å². The van der Waals surface area contributed by atoms with E-state index in [2.05, 4.69) is 124 Å². The van der Waals surface area contributed by atoms with E-state index in [9.17, 15) is 0 Å². The first kappa shape index (κ1) is 25.5. The van der Waals surface area contributed by atoms with Gasteiger partial charge in [0.2, 0.25) is 0 Å². The Morgan fingerprint density at radius 3 is 1.00 bits per heavy atom. The van der Waals surface area contributed by atoms with Crippen molar-refractivity contribution in [2.24, 2.45) is 0 Å². The van der Waals surface area contributed by atoms with Gasteiger partial charge in [0.1, 0.15) is 0 Å². The summed E-state index contributed by atoms with van der Waals surface area (Å²) in [5.41, 5.74) is 0. The van der Waals surface area contributed by atoms with Crippen molar-refractivity contribution in [1.29, 1.82) is 0 Å². The van der Waals surface area contributed by atoms with E-state index in [1.165, 1.54) is 15.9 Å². The van der Waals surface area contributed by atoms with E-state index in [4.69, 9.17) is 15.1 Å². The van der Waals surface area contributed by atoms with Crippen LogP contribution in [0.2, 0.25) is 0 Å². The lowest BCUT2D eigenvalue weighted by atomic mass is 10.3. The summed E-state index contributed by atoms with van der Waals surface area (Å²) >= 11 is 0. The molecule has 0 spiro atoms. The fourth-order valence-electron chi connectivity index (χ4n) is 2.63. The molecule has 0 aromatic heterocycles. The molecule has 0 fully saturated rings. The van der Waals surface area contributed by atoms with Gasteiger partial charge in [-0.15, -0.1) is 0 Å². The van der Waals surface area contributed by atoms with E-state index in [0.29, 0.717) is 0 Å². The number of rotatable bonds is 3. The van der Waals surface area contributed by atoms with Gasteiger partial charge in [-0.1, -0.05) is 54.6 Å². The summed E-state index contributed by atoms with van der Waals surface area (Å²) in [5.74, 6) is 0. The maximum atomic E-state index is 8.53. The molecule has 0 saturated heterocycles. The molecule has 3 aromatic rings. The third-order valence-corrected chi connectivity index (χ3v) is 9.36. The Balaban J connectivity index is 0.000000259. The topological polar surface area (TPSA) is 66.3 Å². The molecular weight excluding hydrogens is 397 g/mol. The van der Waals surface area contributed by atoms with Crippen molar-refractivity contribution in [3.63, 3.8) is 0 Å². The van der Waals surface area contributed by atoms with Crippen LogP contribution in [-0.2, 0) is 0 Å². The average Bonchev–Trinajstić information content (AvgIpc) is 2.69. The molecule has 0 bridgehead atoms. The number of hydrogen-bond donors (Lipinski definition) is 1. The highest BCUT2D eigenvalue weighted by Gasteiger charge is 2.30. The molecular formula is C23H31BO3P2. The minimum absolute atomic E-state index is 0.768. The summed E-state index contributed by atoms with van der Waals surface area (Å²) < 4.78 is 0. The zero-order chi connectivity index (χ0) is 21.9. The lowest BCUT2D eigenvalue weighted by Gasteiger charge is -2.17. The molecule has 154 valence electrons. The molecule has 0 aliphatic rings. The van der Waals surface area contributed by atoms with E-state index in [1.807, 2.05) is 0 Å². The molecule has 0 unspecified atom stereocenters. The van der Waals surface area contributed by atoms with Gasteiger partial charge in [0, 0.05) is 7.26 Å². The van der Waals surface area contributed by atoms with Crippen molar-refractivity contribution in [1.82, 2.24) is 0 Å². The van der Waals surface area contributed by atoms with Crippen LogP contribution in [0, 0.1) is 0 Å². The molecule has 3 aromatic carbocycles. The minimum Gasteiger partial charge on any atom is -0.871 e. The lowest BCUT2D eigenvalue weighted by Crippen LogP contribution is -2.44. The second-order valence-electron chi connectivity index (χ2n) is 7.78. The van der Waals surface area contributed by atoms with Gasteiger partial charge in [0.05, 0.1) is 63.8 Å². The SMILES string of the molecule is C[P+](C)(C)c1ccccc1.C[P+](C)(c1ccccc1)c1ccccc1.[O-]B([O-])O. The number of hydrogen-bond acceptors (Lipinski definition) is 3. The van der Waals surface area contributed by atoms with Gasteiger partial charge in [-0.2, -0.15) is 0 Å². The Labute approximate surface area is 177 Å². The van der Waals surface area contributed by atoms with Gasteiger partial charge >= 0.3 is 0 Å². The average molecular weight is 428 g/mol. The molecule has 29 heavy (non-hydrogen) atoms. The predicted octanol–water partition coefficient (Wildman–Crippen LogP) is 1.82. The largest absolute Gasteiger partial charge is 0.871 e. The van der Waals surface area contributed by atoms with Crippen molar-refractivity contribution in [2.75, 3.05) is 33.3 Å². The third kappa shape index (κ3) is 9.67. The van der Waals surface area contributed by atoms with E-state index in [1.54, 1.807) is 0 Å². The van der Waals surface area contributed by atoms with Crippen LogP contribution in [0.15, 0.2) is 91.0 Å². The third-order valence-electron chi connectivity index (χ3n) is 4.33. The van der Waals surface area contributed by atoms with Gasteiger partial charge in [-0.25, -0.2) is 0 Å². The lowest BCUT2D eigenvalue weighted by molar-refractivity contribution is -0.376. The Morgan fingerprint density at radius 2 is 0.793 bits per heavy atom. The molecule has 0 aliphatic heterocycles. The van der Waals surface area contributed by atoms with Gasteiger partial charge in [0.15, 0.2) is 0 Å². The second kappa shape index (κ2) is 12.2. The smallest absolute Gasteiger partial charge is 0.0985 e. The molecule has 0 atom stereocenters. The first-order valence-electron chi connectivity index (χ1n) is 9.37. The quantitative estimate of drug-likeness (QED) is 0.512. The minimum atomic E-state index is -2.67. The van der Waals surface area contributed by atoms with Crippen molar-refractivity contribution in [2.45, 2.75) is 0 Å². The Morgan fingerprint density at radius 1 is 0.552 bits per heavy atom. The monoisotopic (exact) mass is 428 g/mol. The van der Waals surface area contributed by atoms with E-state index >= 15 is 0 Å². The predicted molar refractivity (Wildman–Crippen MR) is 130 cm³/mol. The molecule has 6 heteroatoms. The van der Waals surface area contributed by atoms with Crippen molar-refractivity contribution in [3.05, 3.63) is 91.0 Å². The summed E-state index contributed by atoms with van der Waals surface area (Å²) in [7, 11) is -4.58. The normalized spacial score (nSPS) is 10.8. The zero-order valence-electron chi connectivity index (χ0n) is 17.9.